The van der Waals surface area contributed by atoms with Crippen molar-refractivity contribution in [3.8, 4) is 11.5 Å². The number of methoxy groups -OCH3 is 2. The van der Waals surface area contributed by atoms with Crippen LogP contribution in [0.4, 0.5) is 0 Å². The lowest BCUT2D eigenvalue weighted by molar-refractivity contribution is 0.0681. The molecule has 0 saturated carbocycles. The van der Waals surface area contributed by atoms with Crippen molar-refractivity contribution in [2.24, 2.45) is 5.92 Å². The van der Waals surface area contributed by atoms with E-state index in [1.54, 1.807) is 32.4 Å². The van der Waals surface area contributed by atoms with Crippen molar-refractivity contribution in [3.05, 3.63) is 42.0 Å². The van der Waals surface area contributed by atoms with E-state index in [1.165, 1.54) is 0 Å². The minimum Gasteiger partial charge on any atom is -0.497 e. The predicted octanol–water partition coefficient (Wildman–Crippen LogP) is 3.02. The molecule has 1 saturated heterocycles. The van der Waals surface area contributed by atoms with Gasteiger partial charge < -0.3 is 18.9 Å². The first-order valence-electron chi connectivity index (χ1n) is 9.17. The van der Waals surface area contributed by atoms with Crippen molar-refractivity contribution in [3.63, 3.8) is 0 Å². The quantitative estimate of drug-likeness (QED) is 0.797. The molecule has 0 atom stereocenters. The highest BCUT2D eigenvalue weighted by Gasteiger charge is 2.25. The number of rotatable bonds is 6. The van der Waals surface area contributed by atoms with Gasteiger partial charge in [-0.05, 0) is 30.9 Å². The van der Waals surface area contributed by atoms with Gasteiger partial charge >= 0.3 is 0 Å². The van der Waals surface area contributed by atoms with Gasteiger partial charge in [0.25, 0.3) is 5.91 Å². The lowest BCUT2D eigenvalue weighted by Crippen LogP contribution is -2.39. The summed E-state index contributed by atoms with van der Waals surface area (Å²) in [4.78, 5) is 19.2. The molecule has 1 aliphatic heterocycles. The van der Waals surface area contributed by atoms with Crippen LogP contribution in [0.15, 0.2) is 30.6 Å². The number of aryl methyl sites for hydroxylation is 1. The van der Waals surface area contributed by atoms with Crippen molar-refractivity contribution in [1.29, 1.82) is 0 Å². The third-order valence-electron chi connectivity index (χ3n) is 5.07. The molecule has 0 radical (unpaired) electrons. The minimum absolute atomic E-state index is 0.0394. The first kappa shape index (κ1) is 18.3. The molecule has 6 nitrogen and oxygen atoms in total. The van der Waals surface area contributed by atoms with Gasteiger partial charge in [-0.15, -0.1) is 0 Å². The van der Waals surface area contributed by atoms with Crippen LogP contribution in [0.1, 0.15) is 35.9 Å². The molecular weight excluding hydrogens is 330 g/mol. The number of amides is 1. The van der Waals surface area contributed by atoms with Gasteiger partial charge in [-0.25, -0.2) is 4.98 Å². The molecule has 1 aromatic heterocycles. The number of carbonyl (C=O) groups excluding carboxylic acids is 1. The van der Waals surface area contributed by atoms with Crippen LogP contribution < -0.4 is 9.47 Å². The number of hydrogen-bond donors (Lipinski definition) is 0. The lowest BCUT2D eigenvalue weighted by atomic mass is 9.96. The summed E-state index contributed by atoms with van der Waals surface area (Å²) in [6.07, 6.45) is 6.89. The molecule has 0 spiro atoms. The molecule has 1 amide bonds. The van der Waals surface area contributed by atoms with Crippen molar-refractivity contribution in [2.75, 3.05) is 27.3 Å². The van der Waals surface area contributed by atoms with Crippen molar-refractivity contribution < 1.29 is 14.3 Å². The number of ether oxygens (including phenoxy) is 2. The Morgan fingerprint density at radius 3 is 2.38 bits per heavy atom. The summed E-state index contributed by atoms with van der Waals surface area (Å²) >= 11 is 0. The highest BCUT2D eigenvalue weighted by molar-refractivity contribution is 5.95. The van der Waals surface area contributed by atoms with Crippen LogP contribution in [0.5, 0.6) is 11.5 Å². The Bertz CT molecular complexity index is 726. The van der Waals surface area contributed by atoms with Gasteiger partial charge in [-0.3, -0.25) is 4.79 Å². The summed E-state index contributed by atoms with van der Waals surface area (Å²) in [6, 6.07) is 5.32. The minimum atomic E-state index is 0.0394. The maximum atomic E-state index is 12.9. The van der Waals surface area contributed by atoms with Crippen molar-refractivity contribution >= 4 is 5.91 Å². The van der Waals surface area contributed by atoms with Crippen LogP contribution in [0.3, 0.4) is 0 Å². The van der Waals surface area contributed by atoms with E-state index in [4.69, 9.17) is 9.47 Å². The van der Waals surface area contributed by atoms with Crippen LogP contribution in [0, 0.1) is 5.92 Å². The number of piperidine rings is 1. The van der Waals surface area contributed by atoms with E-state index in [0.29, 0.717) is 23.0 Å². The summed E-state index contributed by atoms with van der Waals surface area (Å²) in [5.74, 6) is 3.02. The smallest absolute Gasteiger partial charge is 0.254 e. The summed E-state index contributed by atoms with van der Waals surface area (Å²) in [5.41, 5.74) is 0.613. The van der Waals surface area contributed by atoms with E-state index in [1.807, 2.05) is 11.1 Å². The number of aromatic nitrogens is 2. The van der Waals surface area contributed by atoms with Crippen molar-refractivity contribution in [1.82, 2.24) is 14.5 Å². The number of carbonyl (C=O) groups is 1. The molecule has 0 bridgehead atoms. The Kier molecular flexibility index (Phi) is 5.81. The van der Waals surface area contributed by atoms with Gasteiger partial charge in [0.15, 0.2) is 0 Å². The van der Waals surface area contributed by atoms with E-state index in [2.05, 4.69) is 22.7 Å². The van der Waals surface area contributed by atoms with Crippen LogP contribution in [0.2, 0.25) is 0 Å². The van der Waals surface area contributed by atoms with Crippen LogP contribution in [-0.4, -0.2) is 47.7 Å². The average Bonchev–Trinajstić information content (AvgIpc) is 3.14. The zero-order chi connectivity index (χ0) is 18.5. The summed E-state index contributed by atoms with van der Waals surface area (Å²) in [5, 5.41) is 0. The van der Waals surface area contributed by atoms with E-state index >= 15 is 0 Å². The van der Waals surface area contributed by atoms with Gasteiger partial charge in [0.2, 0.25) is 0 Å². The second-order valence-corrected chi connectivity index (χ2v) is 6.69. The molecule has 1 aromatic carbocycles. The summed E-state index contributed by atoms with van der Waals surface area (Å²) in [7, 11) is 3.18. The molecule has 0 N–H and O–H groups in total. The Balaban J connectivity index is 1.62. The number of imidazole rings is 1. The summed E-state index contributed by atoms with van der Waals surface area (Å²) < 4.78 is 12.8. The normalized spacial score (nSPS) is 15.1. The Hall–Kier alpha value is -2.50. The second kappa shape index (κ2) is 8.25. The monoisotopic (exact) mass is 357 g/mol. The molecule has 0 unspecified atom stereocenters. The zero-order valence-electron chi connectivity index (χ0n) is 15.8. The van der Waals surface area contributed by atoms with E-state index in [9.17, 15) is 4.79 Å². The third-order valence-corrected chi connectivity index (χ3v) is 5.07. The highest BCUT2D eigenvalue weighted by atomic mass is 16.5. The molecule has 0 aliphatic carbocycles. The third kappa shape index (κ3) is 4.00. The molecule has 2 heterocycles. The summed E-state index contributed by atoms with van der Waals surface area (Å²) in [6.45, 7) is 4.67. The largest absolute Gasteiger partial charge is 0.497 e. The van der Waals surface area contributed by atoms with E-state index < -0.39 is 0 Å². The van der Waals surface area contributed by atoms with Crippen LogP contribution >= 0.6 is 0 Å². The maximum absolute atomic E-state index is 12.9. The fourth-order valence-electron chi connectivity index (χ4n) is 3.53. The highest BCUT2D eigenvalue weighted by Crippen LogP contribution is 2.26. The van der Waals surface area contributed by atoms with Crippen LogP contribution in [-0.2, 0) is 13.0 Å². The van der Waals surface area contributed by atoms with Crippen molar-refractivity contribution in [2.45, 2.75) is 32.7 Å². The molecule has 1 fully saturated rings. The molecular formula is C20H27N3O3. The first-order chi connectivity index (χ1) is 12.6. The zero-order valence-corrected chi connectivity index (χ0v) is 15.8. The van der Waals surface area contributed by atoms with Gasteiger partial charge in [0, 0.05) is 50.1 Å². The fourth-order valence-corrected chi connectivity index (χ4v) is 3.53. The van der Waals surface area contributed by atoms with E-state index in [0.717, 1.165) is 44.7 Å². The molecule has 2 aromatic rings. The van der Waals surface area contributed by atoms with Gasteiger partial charge in [0.1, 0.15) is 17.3 Å². The Labute approximate surface area is 154 Å². The van der Waals surface area contributed by atoms with E-state index in [-0.39, 0.29) is 5.91 Å². The first-order valence-corrected chi connectivity index (χ1v) is 9.17. The standard InChI is InChI=1S/C20H27N3O3/c1-4-19-21-7-10-23(19)14-15-5-8-22(9-6-15)20(24)16-11-17(25-2)13-18(12-16)26-3/h7,10-13,15H,4-6,8-9,14H2,1-3H3. The second-order valence-electron chi connectivity index (χ2n) is 6.69. The molecule has 26 heavy (non-hydrogen) atoms. The SMILES string of the molecule is CCc1nccn1CC1CCN(C(=O)c2cc(OC)cc(OC)c2)CC1. The number of hydrogen-bond acceptors (Lipinski definition) is 4. The molecule has 1 aliphatic rings. The maximum Gasteiger partial charge on any atom is 0.254 e. The molecule has 6 heteroatoms. The molecule has 3 rings (SSSR count). The predicted molar refractivity (Wildman–Crippen MR) is 99.8 cm³/mol. The fraction of sp³-hybridized carbons (Fsp3) is 0.500. The molecule has 140 valence electrons. The van der Waals surface area contributed by atoms with Gasteiger partial charge in [0.05, 0.1) is 14.2 Å². The Morgan fingerprint density at radius 2 is 1.81 bits per heavy atom. The number of nitrogens with zero attached hydrogens (tertiary/aromatic N) is 3. The Morgan fingerprint density at radius 1 is 1.15 bits per heavy atom. The topological polar surface area (TPSA) is 56.6 Å². The lowest BCUT2D eigenvalue weighted by Gasteiger charge is -2.32. The number of benzene rings is 1. The number of likely N-dealkylation sites (tertiary alicyclic amines) is 1. The van der Waals surface area contributed by atoms with Crippen LogP contribution in [0.25, 0.3) is 0 Å². The van der Waals surface area contributed by atoms with Gasteiger partial charge in [-0.2, -0.15) is 0 Å². The van der Waals surface area contributed by atoms with Gasteiger partial charge in [-0.1, -0.05) is 6.92 Å². The average molecular weight is 357 g/mol.